The highest BCUT2D eigenvalue weighted by molar-refractivity contribution is 7.07. The number of H-pyrrole nitrogens is 1. The summed E-state index contributed by atoms with van der Waals surface area (Å²) in [6.07, 6.45) is -4.62. The summed E-state index contributed by atoms with van der Waals surface area (Å²) in [5.74, 6) is -0.782. The SMILES string of the molecule is COC(=O)C1=C(C)N(c2cccc(C(F)(F)F)c2)c2n[nH]c(=O)n2[C@@H]1c1ccc(C#N)cc1C[N+](C)(C)Cc1cscn1.O=CO. The predicted octanol–water partition coefficient (Wildman–Crippen LogP) is 4.58. The summed E-state index contributed by atoms with van der Waals surface area (Å²) in [5, 5.41) is 25.1. The first-order chi connectivity index (χ1) is 21.8. The van der Waals surface area contributed by atoms with Crippen LogP contribution in [0.1, 0.15) is 40.9 Å². The molecular formula is C30H29F3N7O5S+. The number of methoxy groups -OCH3 is 1. The predicted molar refractivity (Wildman–Crippen MR) is 161 cm³/mol. The molecule has 240 valence electrons. The number of carbonyl (C=O) groups excluding carboxylic acids is 1. The number of nitrogens with one attached hydrogen (secondary N) is 1. The van der Waals surface area contributed by atoms with E-state index in [4.69, 9.17) is 14.6 Å². The van der Waals surface area contributed by atoms with Crippen molar-refractivity contribution in [1.82, 2.24) is 19.7 Å². The van der Waals surface area contributed by atoms with E-state index in [9.17, 15) is 28.0 Å². The van der Waals surface area contributed by atoms with Crippen LogP contribution in [0.2, 0.25) is 0 Å². The van der Waals surface area contributed by atoms with Crippen molar-refractivity contribution < 1.29 is 37.1 Å². The fraction of sp³-hybridized carbons (Fsp3) is 0.267. The minimum absolute atomic E-state index is 0.00832. The molecule has 5 rings (SSSR count). The second kappa shape index (κ2) is 13.4. The van der Waals surface area contributed by atoms with Gasteiger partial charge in [-0.25, -0.2) is 24.2 Å². The largest absolute Gasteiger partial charge is 0.483 e. The van der Waals surface area contributed by atoms with E-state index in [0.29, 0.717) is 34.3 Å². The zero-order chi connectivity index (χ0) is 33.8. The number of alkyl halides is 3. The number of benzene rings is 2. The van der Waals surface area contributed by atoms with Gasteiger partial charge < -0.3 is 14.3 Å². The maximum Gasteiger partial charge on any atom is 0.416 e. The maximum absolute atomic E-state index is 13.6. The Bertz CT molecular complexity index is 1870. The Kier molecular flexibility index (Phi) is 9.78. The zero-order valence-corrected chi connectivity index (χ0v) is 25.9. The van der Waals surface area contributed by atoms with E-state index < -0.39 is 29.4 Å². The van der Waals surface area contributed by atoms with E-state index in [1.807, 2.05) is 19.5 Å². The number of carboxylic acid groups (broad SMARTS) is 1. The Morgan fingerprint density at radius 1 is 1.24 bits per heavy atom. The van der Waals surface area contributed by atoms with Crippen LogP contribution in [-0.4, -0.2) is 63.0 Å². The van der Waals surface area contributed by atoms with Crippen molar-refractivity contribution in [3.8, 4) is 6.07 Å². The third kappa shape index (κ3) is 6.85. The topological polar surface area (TPSA) is 154 Å². The molecule has 0 bridgehead atoms. The first-order valence-electron chi connectivity index (χ1n) is 13.5. The molecule has 0 unspecified atom stereocenters. The van der Waals surface area contributed by atoms with Crippen LogP contribution in [0.15, 0.2) is 69.4 Å². The van der Waals surface area contributed by atoms with Gasteiger partial charge in [-0.3, -0.25) is 9.69 Å². The van der Waals surface area contributed by atoms with Crippen LogP contribution < -0.4 is 10.6 Å². The number of thiazole rings is 1. The molecule has 0 amide bonds. The molecule has 12 nitrogen and oxygen atoms in total. The maximum atomic E-state index is 13.6. The molecule has 3 heterocycles. The lowest BCUT2D eigenvalue weighted by Crippen LogP contribution is -2.40. The molecule has 0 aliphatic carbocycles. The van der Waals surface area contributed by atoms with E-state index in [0.717, 1.165) is 17.8 Å². The summed E-state index contributed by atoms with van der Waals surface area (Å²) in [4.78, 5) is 40.9. The lowest BCUT2D eigenvalue weighted by molar-refractivity contribution is -0.917. The third-order valence-corrected chi connectivity index (χ3v) is 7.85. The minimum Gasteiger partial charge on any atom is -0.483 e. The fourth-order valence-corrected chi connectivity index (χ4v) is 5.98. The van der Waals surface area contributed by atoms with E-state index in [-0.39, 0.29) is 29.4 Å². The smallest absolute Gasteiger partial charge is 0.416 e. The number of fused-ring (bicyclic) bond motifs is 1. The molecule has 4 aromatic rings. The van der Waals surface area contributed by atoms with Gasteiger partial charge in [-0.2, -0.15) is 18.4 Å². The normalized spacial score (nSPS) is 14.6. The Balaban J connectivity index is 0.00000154. The number of allylic oxidation sites excluding steroid dienone is 1. The number of esters is 1. The third-order valence-electron chi connectivity index (χ3n) is 7.22. The number of ether oxygens (including phenoxy) is 1. The molecule has 1 aliphatic rings. The molecule has 46 heavy (non-hydrogen) atoms. The number of quaternary nitrogens is 1. The van der Waals surface area contributed by atoms with Crippen molar-refractivity contribution >= 4 is 35.4 Å². The molecule has 2 aromatic heterocycles. The summed E-state index contributed by atoms with van der Waals surface area (Å²) in [5.41, 5.74) is 2.97. The van der Waals surface area contributed by atoms with Gasteiger partial charge in [0.05, 0.1) is 49.5 Å². The Hall–Kier alpha value is -5.27. The number of aromatic amines is 1. The van der Waals surface area contributed by atoms with Crippen molar-refractivity contribution in [3.05, 3.63) is 103 Å². The van der Waals surface area contributed by atoms with Gasteiger partial charge in [0.15, 0.2) is 0 Å². The van der Waals surface area contributed by atoms with Gasteiger partial charge in [0.2, 0.25) is 5.95 Å². The molecule has 2 N–H and O–H groups in total. The molecule has 0 radical (unpaired) electrons. The number of nitriles is 1. The van der Waals surface area contributed by atoms with Gasteiger partial charge in [0.25, 0.3) is 6.47 Å². The van der Waals surface area contributed by atoms with Crippen molar-refractivity contribution in [2.24, 2.45) is 0 Å². The Morgan fingerprint density at radius 3 is 2.57 bits per heavy atom. The Morgan fingerprint density at radius 2 is 1.96 bits per heavy atom. The van der Waals surface area contributed by atoms with Gasteiger partial charge in [-0.15, -0.1) is 16.4 Å². The number of hydrogen-bond acceptors (Lipinski definition) is 9. The van der Waals surface area contributed by atoms with E-state index in [1.165, 1.54) is 40.0 Å². The lowest BCUT2D eigenvalue weighted by atomic mass is 9.89. The van der Waals surface area contributed by atoms with Crippen LogP contribution in [0.5, 0.6) is 0 Å². The molecular weight excluding hydrogens is 627 g/mol. The summed E-state index contributed by atoms with van der Waals surface area (Å²) in [7, 11) is 5.18. The van der Waals surface area contributed by atoms with Crippen LogP contribution in [0.4, 0.5) is 24.8 Å². The van der Waals surface area contributed by atoms with Crippen LogP contribution in [-0.2, 0) is 33.6 Å². The van der Waals surface area contributed by atoms with Gasteiger partial charge in [-0.1, -0.05) is 12.1 Å². The average molecular weight is 657 g/mol. The van der Waals surface area contributed by atoms with Crippen molar-refractivity contribution in [2.75, 3.05) is 26.1 Å². The van der Waals surface area contributed by atoms with Crippen molar-refractivity contribution in [2.45, 2.75) is 32.2 Å². The first kappa shape index (κ1) is 33.6. The molecule has 2 aromatic carbocycles. The number of rotatable bonds is 7. The highest BCUT2D eigenvalue weighted by atomic mass is 32.1. The van der Waals surface area contributed by atoms with Gasteiger partial charge >= 0.3 is 17.8 Å². The summed E-state index contributed by atoms with van der Waals surface area (Å²) in [6, 6.07) is 10.6. The number of nitrogens with zero attached hydrogens (tertiary/aromatic N) is 6. The standard InChI is InChI=1S/C29H26F3N7O3S.CH2O2/c1-17-24(26(40)42-4)25(23-9-8-18(12-33)10-19(23)13-39(2,3)14-21-15-43-16-34-21)38-27(35-36-28(38)41)37(17)22-7-5-6-20(11-22)29(30,31)32;2-1-3/h5-11,15-16,25H,13-14H2,1-4H3;1H,(H,2,3)/p+1/t25-;/m1./s1. The monoisotopic (exact) mass is 656 g/mol. The van der Waals surface area contributed by atoms with Crippen molar-refractivity contribution in [1.29, 1.82) is 5.26 Å². The van der Waals surface area contributed by atoms with Crippen molar-refractivity contribution in [3.63, 3.8) is 0 Å². The quantitative estimate of drug-likeness (QED) is 0.165. The van der Waals surface area contributed by atoms with E-state index in [1.54, 1.807) is 30.6 Å². The highest BCUT2D eigenvalue weighted by Gasteiger charge is 2.41. The van der Waals surface area contributed by atoms with Crippen LogP contribution >= 0.6 is 11.3 Å². The summed E-state index contributed by atoms with van der Waals surface area (Å²) < 4.78 is 47.7. The second-order valence-corrected chi connectivity index (χ2v) is 11.6. The van der Waals surface area contributed by atoms with Crippen LogP contribution in [0, 0.1) is 11.3 Å². The van der Waals surface area contributed by atoms with Crippen LogP contribution in [0.3, 0.4) is 0 Å². The van der Waals surface area contributed by atoms with Crippen LogP contribution in [0.25, 0.3) is 0 Å². The van der Waals surface area contributed by atoms with E-state index >= 15 is 0 Å². The Labute approximate surface area is 264 Å². The summed E-state index contributed by atoms with van der Waals surface area (Å²) in [6.45, 7) is 2.28. The van der Waals surface area contributed by atoms with Gasteiger partial charge in [-0.05, 0) is 42.8 Å². The molecule has 0 saturated carbocycles. The molecule has 1 aliphatic heterocycles. The molecule has 0 fully saturated rings. The fourth-order valence-electron chi connectivity index (χ4n) is 5.43. The highest BCUT2D eigenvalue weighted by Crippen LogP contribution is 2.44. The average Bonchev–Trinajstić information content (AvgIpc) is 3.65. The molecule has 0 spiro atoms. The molecule has 16 heteroatoms. The molecule has 1 atom stereocenters. The summed E-state index contributed by atoms with van der Waals surface area (Å²) >= 11 is 1.48. The van der Waals surface area contributed by atoms with Gasteiger partial charge in [0.1, 0.15) is 24.8 Å². The minimum atomic E-state index is -4.62. The van der Waals surface area contributed by atoms with E-state index in [2.05, 4.69) is 21.3 Å². The number of carbonyl (C=O) groups is 2. The number of halogens is 3. The number of hydrogen-bond donors (Lipinski definition) is 2. The lowest BCUT2D eigenvalue weighted by Gasteiger charge is -2.37. The number of aromatic nitrogens is 4. The number of anilines is 2. The molecule has 0 saturated heterocycles. The van der Waals surface area contributed by atoms with Gasteiger partial charge in [0, 0.05) is 22.3 Å². The first-order valence-corrected chi connectivity index (χ1v) is 14.4. The zero-order valence-electron chi connectivity index (χ0n) is 25.1. The second-order valence-electron chi connectivity index (χ2n) is 10.8.